The van der Waals surface area contributed by atoms with E-state index >= 15 is 0 Å². The maximum Gasteiger partial charge on any atom is 0.339 e. The molecule has 0 amide bonds. The molecular formula is C15H18N2O2S. The Bertz CT molecular complexity index is 578. The van der Waals surface area contributed by atoms with Crippen LogP contribution in [0.5, 0.6) is 0 Å². The molecule has 2 heterocycles. The molecule has 0 aliphatic carbocycles. The van der Waals surface area contributed by atoms with Gasteiger partial charge in [-0.2, -0.15) is 0 Å². The number of carbonyl (C=O) groups is 1. The molecule has 1 atom stereocenters. The van der Waals surface area contributed by atoms with E-state index in [1.807, 2.05) is 0 Å². The van der Waals surface area contributed by atoms with E-state index < -0.39 is 0 Å². The number of esters is 1. The number of pyridine rings is 1. The fourth-order valence-corrected chi connectivity index (χ4v) is 2.67. The minimum atomic E-state index is -0.339. The molecule has 2 aromatic heterocycles. The molecule has 0 aliphatic rings. The molecule has 20 heavy (non-hydrogen) atoms. The lowest BCUT2D eigenvalue weighted by Gasteiger charge is -2.13. The standard InChI is InChI=1S/C15H18N2O2S/c1-4-19-15(18)12-6-8-14(16-9-12)17-11(3)13-7-5-10(2)20-13/h5-9,11H,4H2,1-3H3,(H,16,17). The Labute approximate surface area is 122 Å². The van der Waals surface area contributed by atoms with Crippen molar-refractivity contribution in [2.45, 2.75) is 26.8 Å². The molecule has 4 nitrogen and oxygen atoms in total. The van der Waals surface area contributed by atoms with Crippen LogP contribution in [0, 0.1) is 6.92 Å². The maximum atomic E-state index is 11.5. The molecule has 106 valence electrons. The van der Waals surface area contributed by atoms with Gasteiger partial charge in [0.1, 0.15) is 5.82 Å². The number of hydrogen-bond donors (Lipinski definition) is 1. The van der Waals surface area contributed by atoms with Gasteiger partial charge < -0.3 is 10.1 Å². The Balaban J connectivity index is 2.01. The van der Waals surface area contributed by atoms with Crippen LogP contribution in [0.2, 0.25) is 0 Å². The van der Waals surface area contributed by atoms with E-state index in [1.54, 1.807) is 30.4 Å². The van der Waals surface area contributed by atoms with Gasteiger partial charge in [0.2, 0.25) is 0 Å². The largest absolute Gasteiger partial charge is 0.462 e. The number of nitrogens with one attached hydrogen (secondary N) is 1. The van der Waals surface area contributed by atoms with E-state index in [4.69, 9.17) is 4.74 Å². The van der Waals surface area contributed by atoms with Gasteiger partial charge in [0.05, 0.1) is 18.2 Å². The summed E-state index contributed by atoms with van der Waals surface area (Å²) >= 11 is 1.77. The van der Waals surface area contributed by atoms with Crippen molar-refractivity contribution >= 4 is 23.1 Å². The van der Waals surface area contributed by atoms with E-state index in [9.17, 15) is 4.79 Å². The van der Waals surface area contributed by atoms with Crippen LogP contribution in [0.1, 0.15) is 40.0 Å². The molecular weight excluding hydrogens is 272 g/mol. The van der Waals surface area contributed by atoms with Crippen LogP contribution < -0.4 is 5.32 Å². The second-order valence-electron chi connectivity index (χ2n) is 4.47. The third-order valence-electron chi connectivity index (χ3n) is 2.83. The number of carbonyl (C=O) groups excluding carboxylic acids is 1. The Hall–Kier alpha value is -1.88. The molecule has 1 unspecified atom stereocenters. The topological polar surface area (TPSA) is 51.2 Å². The van der Waals surface area contributed by atoms with Gasteiger partial charge in [-0.25, -0.2) is 9.78 Å². The smallest absolute Gasteiger partial charge is 0.339 e. The molecule has 0 saturated carbocycles. The number of anilines is 1. The predicted octanol–water partition coefficient (Wildman–Crippen LogP) is 3.80. The molecule has 0 fully saturated rings. The number of aromatic nitrogens is 1. The Kier molecular flexibility index (Phi) is 4.74. The molecule has 0 bridgehead atoms. The highest BCUT2D eigenvalue weighted by Gasteiger charge is 2.10. The lowest BCUT2D eigenvalue weighted by atomic mass is 10.2. The molecule has 0 aliphatic heterocycles. The third-order valence-corrected chi connectivity index (χ3v) is 4.01. The lowest BCUT2D eigenvalue weighted by Crippen LogP contribution is -2.08. The summed E-state index contributed by atoms with van der Waals surface area (Å²) in [5.74, 6) is 0.407. The van der Waals surface area contributed by atoms with Crippen molar-refractivity contribution in [2.75, 3.05) is 11.9 Å². The molecule has 0 aromatic carbocycles. The molecule has 0 saturated heterocycles. The van der Waals surface area contributed by atoms with E-state index in [2.05, 4.69) is 36.3 Å². The Morgan fingerprint density at radius 3 is 2.75 bits per heavy atom. The monoisotopic (exact) mass is 290 g/mol. The maximum absolute atomic E-state index is 11.5. The van der Waals surface area contributed by atoms with Crippen LogP contribution in [0.25, 0.3) is 0 Å². The van der Waals surface area contributed by atoms with Gasteiger partial charge in [-0.3, -0.25) is 0 Å². The van der Waals surface area contributed by atoms with Gasteiger partial charge >= 0.3 is 5.97 Å². The van der Waals surface area contributed by atoms with Gasteiger partial charge in [0, 0.05) is 16.0 Å². The fourth-order valence-electron chi connectivity index (χ4n) is 1.79. The van der Waals surface area contributed by atoms with Gasteiger partial charge in [0.25, 0.3) is 0 Å². The van der Waals surface area contributed by atoms with E-state index in [1.165, 1.54) is 16.0 Å². The zero-order valence-electron chi connectivity index (χ0n) is 11.8. The number of ether oxygens (including phenoxy) is 1. The summed E-state index contributed by atoms with van der Waals surface area (Å²) in [6, 6.07) is 7.93. The summed E-state index contributed by atoms with van der Waals surface area (Å²) in [5, 5.41) is 3.32. The molecule has 1 N–H and O–H groups in total. The van der Waals surface area contributed by atoms with Crippen molar-refractivity contribution in [1.29, 1.82) is 0 Å². The van der Waals surface area contributed by atoms with Gasteiger partial charge in [-0.05, 0) is 45.0 Å². The summed E-state index contributed by atoms with van der Waals surface area (Å²) in [6.45, 7) is 6.33. The first kappa shape index (κ1) is 14.5. The quantitative estimate of drug-likeness (QED) is 0.851. The number of thiophene rings is 1. The summed E-state index contributed by atoms with van der Waals surface area (Å²) < 4.78 is 4.92. The van der Waals surface area contributed by atoms with Crippen LogP contribution >= 0.6 is 11.3 Å². The zero-order valence-corrected chi connectivity index (χ0v) is 12.7. The predicted molar refractivity (Wildman–Crippen MR) is 81.3 cm³/mol. The first-order valence-electron chi connectivity index (χ1n) is 6.56. The summed E-state index contributed by atoms with van der Waals surface area (Å²) in [7, 11) is 0. The van der Waals surface area contributed by atoms with Crippen molar-refractivity contribution in [1.82, 2.24) is 4.98 Å². The zero-order chi connectivity index (χ0) is 14.5. The van der Waals surface area contributed by atoms with Crippen LogP contribution in [0.4, 0.5) is 5.82 Å². The van der Waals surface area contributed by atoms with E-state index in [0.717, 1.165) is 5.82 Å². The van der Waals surface area contributed by atoms with Crippen molar-refractivity contribution in [3.05, 3.63) is 45.8 Å². The molecule has 0 spiro atoms. The second-order valence-corrected chi connectivity index (χ2v) is 5.79. The van der Waals surface area contributed by atoms with Crippen molar-refractivity contribution in [2.24, 2.45) is 0 Å². The normalized spacial score (nSPS) is 11.9. The molecule has 0 radical (unpaired) electrons. The summed E-state index contributed by atoms with van der Waals surface area (Å²) in [6.07, 6.45) is 1.53. The third kappa shape index (κ3) is 3.57. The summed E-state index contributed by atoms with van der Waals surface area (Å²) in [5.41, 5.74) is 0.469. The van der Waals surface area contributed by atoms with E-state index in [0.29, 0.717) is 12.2 Å². The SMILES string of the molecule is CCOC(=O)c1ccc(NC(C)c2ccc(C)s2)nc1. The Morgan fingerprint density at radius 2 is 2.20 bits per heavy atom. The first-order valence-corrected chi connectivity index (χ1v) is 7.38. The highest BCUT2D eigenvalue weighted by Crippen LogP contribution is 2.25. The minimum absolute atomic E-state index is 0.189. The average molecular weight is 290 g/mol. The van der Waals surface area contributed by atoms with Gasteiger partial charge in [-0.15, -0.1) is 11.3 Å². The lowest BCUT2D eigenvalue weighted by molar-refractivity contribution is 0.0526. The Morgan fingerprint density at radius 1 is 1.40 bits per heavy atom. The summed E-state index contributed by atoms with van der Waals surface area (Å²) in [4.78, 5) is 18.3. The van der Waals surface area contributed by atoms with Gasteiger partial charge in [0.15, 0.2) is 0 Å². The minimum Gasteiger partial charge on any atom is -0.462 e. The molecule has 2 aromatic rings. The number of hydrogen-bond acceptors (Lipinski definition) is 5. The van der Waals surface area contributed by atoms with Gasteiger partial charge in [-0.1, -0.05) is 0 Å². The number of nitrogens with zero attached hydrogens (tertiary/aromatic N) is 1. The second kappa shape index (κ2) is 6.52. The van der Waals surface area contributed by atoms with Crippen LogP contribution in [-0.2, 0) is 4.74 Å². The number of aryl methyl sites for hydroxylation is 1. The molecule has 2 rings (SSSR count). The van der Waals surface area contributed by atoms with Crippen LogP contribution in [-0.4, -0.2) is 17.6 Å². The average Bonchev–Trinajstić information content (AvgIpc) is 2.86. The molecule has 5 heteroatoms. The fraction of sp³-hybridized carbons (Fsp3) is 0.333. The highest BCUT2D eigenvalue weighted by molar-refractivity contribution is 7.12. The first-order chi connectivity index (χ1) is 9.60. The van der Waals surface area contributed by atoms with Crippen molar-refractivity contribution in [3.63, 3.8) is 0 Å². The van der Waals surface area contributed by atoms with Crippen molar-refractivity contribution < 1.29 is 9.53 Å². The van der Waals surface area contributed by atoms with Crippen LogP contribution in [0.15, 0.2) is 30.5 Å². The number of rotatable bonds is 5. The van der Waals surface area contributed by atoms with Crippen molar-refractivity contribution in [3.8, 4) is 0 Å². The van der Waals surface area contributed by atoms with Crippen LogP contribution in [0.3, 0.4) is 0 Å². The van der Waals surface area contributed by atoms with E-state index in [-0.39, 0.29) is 12.0 Å². The highest BCUT2D eigenvalue weighted by atomic mass is 32.1.